The molecule has 2 aliphatic heterocycles. The minimum Gasteiger partial charge on any atom is -0.462 e. The number of aromatic nitrogens is 1. The molecule has 2 aromatic rings. The van der Waals surface area contributed by atoms with Gasteiger partial charge in [-0.15, -0.1) is 0 Å². The highest BCUT2D eigenvalue weighted by molar-refractivity contribution is 5.08. The molecule has 0 radical (unpaired) electrons. The van der Waals surface area contributed by atoms with Gasteiger partial charge in [-0.3, -0.25) is 9.88 Å². The van der Waals surface area contributed by atoms with Crippen LogP contribution >= 0.6 is 0 Å². The number of ether oxygens (including phenoxy) is 2. The van der Waals surface area contributed by atoms with E-state index in [9.17, 15) is 5.11 Å². The van der Waals surface area contributed by atoms with Crippen LogP contribution in [0.4, 0.5) is 0 Å². The molecule has 2 bridgehead atoms. The number of hydrogen-bond acceptors (Lipinski definition) is 8. The van der Waals surface area contributed by atoms with Crippen molar-refractivity contribution < 1.29 is 24.1 Å². The second-order valence-corrected chi connectivity index (χ2v) is 7.34. The fourth-order valence-electron chi connectivity index (χ4n) is 3.93. The average molecular weight is 389 g/mol. The molecule has 4 heterocycles. The van der Waals surface area contributed by atoms with E-state index in [1.807, 2.05) is 31.3 Å². The SMILES string of the molecule is CN(CCc1ccccn1)[C@H]1[C@@H]2OC[C@@H](O2)[C@@H](NCc2ccc(CO)o2)[C@@H]1O. The van der Waals surface area contributed by atoms with Gasteiger partial charge in [0.2, 0.25) is 0 Å². The van der Waals surface area contributed by atoms with E-state index in [1.54, 1.807) is 12.3 Å². The van der Waals surface area contributed by atoms with Crippen molar-refractivity contribution in [2.75, 3.05) is 20.2 Å². The summed E-state index contributed by atoms with van der Waals surface area (Å²) in [6.45, 7) is 1.49. The highest BCUT2D eigenvalue weighted by Crippen LogP contribution is 2.31. The first-order valence-corrected chi connectivity index (χ1v) is 9.63. The van der Waals surface area contributed by atoms with E-state index in [0.717, 1.165) is 18.7 Å². The fraction of sp³-hybridized carbons (Fsp3) is 0.550. The van der Waals surface area contributed by atoms with E-state index in [0.29, 0.717) is 24.7 Å². The van der Waals surface area contributed by atoms with E-state index in [4.69, 9.17) is 19.0 Å². The van der Waals surface area contributed by atoms with Gasteiger partial charge < -0.3 is 29.4 Å². The first-order chi connectivity index (χ1) is 13.7. The minimum atomic E-state index is -0.646. The summed E-state index contributed by atoms with van der Waals surface area (Å²) >= 11 is 0. The number of pyridine rings is 1. The lowest BCUT2D eigenvalue weighted by molar-refractivity contribution is -0.178. The van der Waals surface area contributed by atoms with Crippen LogP contribution in [0.1, 0.15) is 17.2 Å². The van der Waals surface area contributed by atoms with Crippen molar-refractivity contribution in [1.82, 2.24) is 15.2 Å². The molecule has 3 N–H and O–H groups in total. The Morgan fingerprint density at radius 2 is 2.11 bits per heavy atom. The number of rotatable bonds is 8. The molecule has 5 atom stereocenters. The number of likely N-dealkylation sites (N-methyl/N-ethyl adjacent to an activating group) is 1. The third-order valence-corrected chi connectivity index (χ3v) is 5.47. The maximum Gasteiger partial charge on any atom is 0.176 e. The van der Waals surface area contributed by atoms with Crippen molar-refractivity contribution in [1.29, 1.82) is 0 Å². The summed E-state index contributed by atoms with van der Waals surface area (Å²) in [5, 5.41) is 23.5. The van der Waals surface area contributed by atoms with Crippen molar-refractivity contribution in [3.8, 4) is 0 Å². The van der Waals surface area contributed by atoms with E-state index < -0.39 is 12.4 Å². The van der Waals surface area contributed by atoms with Crippen LogP contribution in [0.15, 0.2) is 40.9 Å². The zero-order chi connectivity index (χ0) is 19.5. The van der Waals surface area contributed by atoms with Crippen LogP contribution in [0.3, 0.4) is 0 Å². The lowest BCUT2D eigenvalue weighted by Gasteiger charge is -2.42. The summed E-state index contributed by atoms with van der Waals surface area (Å²) in [7, 11) is 1.97. The quantitative estimate of drug-likeness (QED) is 0.592. The van der Waals surface area contributed by atoms with Gasteiger partial charge in [-0.2, -0.15) is 0 Å². The van der Waals surface area contributed by atoms with Gasteiger partial charge in [0, 0.05) is 24.9 Å². The highest BCUT2D eigenvalue weighted by atomic mass is 16.7. The molecule has 0 aliphatic carbocycles. The van der Waals surface area contributed by atoms with Crippen molar-refractivity contribution in [3.63, 3.8) is 0 Å². The predicted molar refractivity (Wildman–Crippen MR) is 100 cm³/mol. The fourth-order valence-corrected chi connectivity index (χ4v) is 3.93. The molecule has 0 aromatic carbocycles. The molecule has 8 nitrogen and oxygen atoms in total. The molecule has 2 aliphatic rings. The molecule has 2 aromatic heterocycles. The van der Waals surface area contributed by atoms with Crippen LogP contribution in [0.2, 0.25) is 0 Å². The van der Waals surface area contributed by atoms with E-state index in [-0.39, 0.29) is 24.8 Å². The maximum absolute atomic E-state index is 11.1. The lowest BCUT2D eigenvalue weighted by Crippen LogP contribution is -2.63. The molecular weight excluding hydrogens is 362 g/mol. The number of hydrogen-bond donors (Lipinski definition) is 3. The van der Waals surface area contributed by atoms with Gasteiger partial charge >= 0.3 is 0 Å². The predicted octanol–water partition coefficient (Wildman–Crippen LogP) is 0.284. The monoisotopic (exact) mass is 389 g/mol. The van der Waals surface area contributed by atoms with Gasteiger partial charge in [-0.1, -0.05) is 6.07 Å². The summed E-state index contributed by atoms with van der Waals surface area (Å²) < 4.78 is 17.3. The van der Waals surface area contributed by atoms with Crippen LogP contribution < -0.4 is 5.32 Å². The third-order valence-electron chi connectivity index (χ3n) is 5.47. The van der Waals surface area contributed by atoms with Crippen molar-refractivity contribution >= 4 is 0 Å². The van der Waals surface area contributed by atoms with Crippen LogP contribution in [-0.4, -0.2) is 70.9 Å². The number of furan rings is 1. The summed E-state index contributed by atoms with van der Waals surface area (Å²) in [6.07, 6.45) is 1.29. The Morgan fingerprint density at radius 1 is 1.25 bits per heavy atom. The molecule has 4 rings (SSSR count). The van der Waals surface area contributed by atoms with Gasteiger partial charge in [0.1, 0.15) is 24.2 Å². The summed E-state index contributed by atoms with van der Waals surface area (Å²) in [6, 6.07) is 8.89. The smallest absolute Gasteiger partial charge is 0.176 e. The third kappa shape index (κ3) is 4.12. The van der Waals surface area contributed by atoms with Crippen LogP contribution in [0.25, 0.3) is 0 Å². The molecule has 2 saturated heterocycles. The zero-order valence-electron chi connectivity index (χ0n) is 15.9. The van der Waals surface area contributed by atoms with Gasteiger partial charge in [0.25, 0.3) is 0 Å². The van der Waals surface area contributed by atoms with Crippen LogP contribution in [0, 0.1) is 0 Å². The van der Waals surface area contributed by atoms with Gasteiger partial charge in [0.05, 0.1) is 31.3 Å². The Balaban J connectivity index is 1.38. The second kappa shape index (κ2) is 8.69. The van der Waals surface area contributed by atoms with Crippen molar-refractivity contribution in [3.05, 3.63) is 53.7 Å². The Kier molecular flexibility index (Phi) is 6.05. The zero-order valence-corrected chi connectivity index (χ0v) is 15.9. The Bertz CT molecular complexity index is 755. The largest absolute Gasteiger partial charge is 0.462 e. The summed E-state index contributed by atoms with van der Waals surface area (Å²) in [5.41, 5.74) is 1.01. The van der Waals surface area contributed by atoms with Crippen molar-refractivity contribution in [2.24, 2.45) is 0 Å². The lowest BCUT2D eigenvalue weighted by atomic mass is 9.95. The number of fused-ring (bicyclic) bond motifs is 2. The standard InChI is InChI=1S/C20H27N3O5/c1-23(9-7-13-4-2-3-8-21-13)18-19(25)17(16-12-26-20(18)28-16)22-10-14-5-6-15(11-24)27-14/h2-6,8,16-20,22,24-25H,7,9-12H2,1H3/t16-,17-,18-,19+,20-/m1/s1. The molecule has 2 fully saturated rings. The molecule has 0 amide bonds. The Hall–Kier alpha value is -1.81. The minimum absolute atomic E-state index is 0.129. The molecule has 28 heavy (non-hydrogen) atoms. The molecule has 0 saturated carbocycles. The molecule has 0 spiro atoms. The number of nitrogens with one attached hydrogen (secondary N) is 1. The van der Waals surface area contributed by atoms with Gasteiger partial charge in [-0.25, -0.2) is 0 Å². The number of aliphatic hydroxyl groups excluding tert-OH is 2. The normalized spacial score (nSPS) is 29.5. The number of aliphatic hydroxyl groups is 2. The van der Waals surface area contributed by atoms with E-state index in [1.165, 1.54) is 0 Å². The van der Waals surface area contributed by atoms with Gasteiger partial charge in [-0.05, 0) is 31.3 Å². The molecular formula is C20H27N3O5. The van der Waals surface area contributed by atoms with Crippen LogP contribution in [-0.2, 0) is 29.0 Å². The summed E-state index contributed by atoms with van der Waals surface area (Å²) in [4.78, 5) is 6.44. The van der Waals surface area contributed by atoms with E-state index >= 15 is 0 Å². The number of nitrogens with zero attached hydrogens (tertiary/aromatic N) is 2. The Morgan fingerprint density at radius 3 is 2.86 bits per heavy atom. The maximum atomic E-state index is 11.1. The highest BCUT2D eigenvalue weighted by Gasteiger charge is 2.51. The van der Waals surface area contributed by atoms with Gasteiger partial charge in [0.15, 0.2) is 6.29 Å². The molecule has 8 heteroatoms. The van der Waals surface area contributed by atoms with Crippen LogP contribution in [0.5, 0.6) is 0 Å². The Labute approximate surface area is 164 Å². The average Bonchev–Trinajstić information content (AvgIpc) is 3.35. The second-order valence-electron chi connectivity index (χ2n) is 7.34. The van der Waals surface area contributed by atoms with Crippen molar-refractivity contribution in [2.45, 2.75) is 50.2 Å². The van der Waals surface area contributed by atoms with E-state index in [2.05, 4.69) is 15.2 Å². The summed E-state index contributed by atoms with van der Waals surface area (Å²) in [5.74, 6) is 1.23. The molecule has 0 unspecified atom stereocenters. The topological polar surface area (TPSA) is 100 Å². The first-order valence-electron chi connectivity index (χ1n) is 9.63. The first kappa shape index (κ1) is 19.5. The molecule has 152 valence electrons.